The lowest BCUT2D eigenvalue weighted by Crippen LogP contribution is -3.11. The molecule has 1 aromatic carbocycles. The Kier molecular flexibility index (Phi) is 10.0. The molecule has 3 unspecified atom stereocenters. The van der Waals surface area contributed by atoms with Gasteiger partial charge in [0, 0.05) is 49.1 Å². The number of Topliss-reactive ketones (excluding diaryl/α,β-unsaturated/α-hetero) is 1. The number of halogens is 1. The number of ether oxygens (including phenoxy) is 3. The van der Waals surface area contributed by atoms with E-state index >= 15 is 0 Å². The maximum atomic E-state index is 13.6. The summed E-state index contributed by atoms with van der Waals surface area (Å²) in [5.41, 5.74) is 1.68. The van der Waals surface area contributed by atoms with Crippen LogP contribution in [0.15, 0.2) is 36.7 Å². The molecule has 1 amide bonds. The number of nitrogens with zero attached hydrogens (tertiary/aromatic N) is 2. The molecule has 2 N–H and O–H groups in total. The average Bonchev–Trinajstić information content (AvgIpc) is 3.35. The highest BCUT2D eigenvalue weighted by Gasteiger charge is 2.37. The van der Waals surface area contributed by atoms with Gasteiger partial charge in [-0.3, -0.25) is 14.6 Å². The van der Waals surface area contributed by atoms with Crippen molar-refractivity contribution >= 4 is 28.9 Å². The van der Waals surface area contributed by atoms with Crippen molar-refractivity contribution in [2.24, 2.45) is 13.0 Å². The summed E-state index contributed by atoms with van der Waals surface area (Å²) in [6.07, 6.45) is 4.73. The molecule has 0 bridgehead atoms. The lowest BCUT2D eigenvalue weighted by atomic mass is 9.84. The van der Waals surface area contributed by atoms with Crippen molar-refractivity contribution in [3.8, 4) is 0 Å². The number of benzene rings is 1. The predicted octanol–water partition coefficient (Wildman–Crippen LogP) is 0.749. The number of carbonyl (C=O) groups is 3. The second kappa shape index (κ2) is 12.7. The van der Waals surface area contributed by atoms with Gasteiger partial charge in [0.1, 0.15) is 17.4 Å². The Bertz CT molecular complexity index is 1300. The molecule has 0 saturated heterocycles. The molecule has 41 heavy (non-hydrogen) atoms. The molecule has 3 atom stereocenters. The first-order chi connectivity index (χ1) is 18.8. The number of ketones is 1. The van der Waals surface area contributed by atoms with E-state index in [2.05, 4.69) is 16.0 Å². The molecule has 11 heteroatoms. The molecule has 1 aliphatic carbocycles. The quantitative estimate of drug-likeness (QED) is 0.437. The van der Waals surface area contributed by atoms with E-state index in [9.17, 15) is 14.4 Å². The van der Waals surface area contributed by atoms with Crippen LogP contribution in [0.4, 0.5) is 9.59 Å². The van der Waals surface area contributed by atoms with Gasteiger partial charge in [-0.15, -0.1) is 0 Å². The molecule has 1 aromatic heterocycles. The van der Waals surface area contributed by atoms with Crippen LogP contribution in [0, 0.1) is 5.92 Å². The van der Waals surface area contributed by atoms with Crippen LogP contribution in [0.25, 0.3) is 10.9 Å². The van der Waals surface area contributed by atoms with Gasteiger partial charge in [0.25, 0.3) is 0 Å². The predicted molar refractivity (Wildman–Crippen MR) is 151 cm³/mol. The Hall–Kier alpha value is -3.24. The van der Waals surface area contributed by atoms with Crippen LogP contribution in [0.3, 0.4) is 0 Å². The third kappa shape index (κ3) is 7.74. The Morgan fingerprint density at radius 1 is 1.12 bits per heavy atom. The number of hydrogen-bond donors (Lipinski definition) is 2. The number of aromatic nitrogens is 1. The minimum absolute atomic E-state index is 0. The van der Waals surface area contributed by atoms with E-state index in [0.717, 1.165) is 39.9 Å². The van der Waals surface area contributed by atoms with Gasteiger partial charge >= 0.3 is 12.2 Å². The maximum absolute atomic E-state index is 13.6. The smallest absolute Gasteiger partial charge is 0.510 e. The molecule has 2 aromatic rings. The zero-order valence-corrected chi connectivity index (χ0v) is 25.8. The third-order valence-electron chi connectivity index (χ3n) is 7.66. The molecule has 2 aliphatic rings. The van der Waals surface area contributed by atoms with Crippen molar-refractivity contribution in [3.63, 3.8) is 0 Å². The average molecular weight is 591 g/mol. The van der Waals surface area contributed by atoms with Crippen molar-refractivity contribution < 1.29 is 45.9 Å². The van der Waals surface area contributed by atoms with E-state index < -0.39 is 23.5 Å². The van der Waals surface area contributed by atoms with E-state index in [1.54, 1.807) is 34.6 Å². The van der Waals surface area contributed by atoms with Crippen molar-refractivity contribution in [2.45, 2.75) is 78.2 Å². The van der Waals surface area contributed by atoms with Crippen LogP contribution in [-0.2, 0) is 27.7 Å². The summed E-state index contributed by atoms with van der Waals surface area (Å²) < 4.78 is 18.3. The summed E-state index contributed by atoms with van der Waals surface area (Å²) in [6, 6.07) is 8.10. The van der Waals surface area contributed by atoms with Gasteiger partial charge in [0.15, 0.2) is 18.7 Å². The summed E-state index contributed by atoms with van der Waals surface area (Å²) >= 11 is 0. The normalized spacial score (nSPS) is 20.4. The lowest BCUT2D eigenvalue weighted by molar-refractivity contribution is -0.878. The molecule has 226 valence electrons. The number of alkyl carbamates (subject to hydrolysis) is 1. The zero-order chi connectivity index (χ0) is 29.2. The van der Waals surface area contributed by atoms with E-state index in [0.29, 0.717) is 19.5 Å². The summed E-state index contributed by atoms with van der Waals surface area (Å²) in [7, 11) is 2.04. The molecule has 1 aliphatic heterocycles. The highest BCUT2D eigenvalue weighted by atomic mass is 35.5. The summed E-state index contributed by atoms with van der Waals surface area (Å²) in [6.45, 7) is 12.0. The minimum atomic E-state index is -0.836. The van der Waals surface area contributed by atoms with Gasteiger partial charge < -0.3 is 36.5 Å². The van der Waals surface area contributed by atoms with Crippen LogP contribution in [0.5, 0.6) is 0 Å². The molecule has 0 radical (unpaired) electrons. The van der Waals surface area contributed by atoms with Crippen LogP contribution in [0.2, 0.25) is 0 Å². The second-order valence-corrected chi connectivity index (χ2v) is 12.3. The highest BCUT2D eigenvalue weighted by molar-refractivity contribution is 6.11. The fourth-order valence-electron chi connectivity index (χ4n) is 5.42. The van der Waals surface area contributed by atoms with Crippen molar-refractivity contribution in [1.82, 2.24) is 14.8 Å². The maximum Gasteiger partial charge on any atom is 0.510 e. The Labute approximate surface area is 248 Å². The van der Waals surface area contributed by atoms with E-state index in [1.807, 2.05) is 49.5 Å². The monoisotopic (exact) mass is 590 g/mol. The SMILES string of the molecule is CC1N(COC(=O)OC(C)(C)CCNC(=O)OC(C)(C)C)C=C[NH+]1CC1CCc2c(c3ccccc3n2C)C1=O.[Cl-]. The number of carbonyl (C=O) groups excluding carboxylic acids is 3. The van der Waals surface area contributed by atoms with Gasteiger partial charge in [-0.05, 0) is 53.5 Å². The number of amides is 1. The topological polar surface area (TPSA) is 104 Å². The summed E-state index contributed by atoms with van der Waals surface area (Å²) in [5, 5.41) is 3.70. The zero-order valence-electron chi connectivity index (χ0n) is 25.1. The molecular formula is C30H43ClN4O6. The molecule has 0 fully saturated rings. The Morgan fingerprint density at radius 3 is 2.54 bits per heavy atom. The summed E-state index contributed by atoms with van der Waals surface area (Å²) in [4.78, 5) is 40.9. The largest absolute Gasteiger partial charge is 1.00 e. The Morgan fingerprint density at radius 2 is 1.83 bits per heavy atom. The van der Waals surface area contributed by atoms with Crippen LogP contribution < -0.4 is 22.6 Å². The molecular weight excluding hydrogens is 548 g/mol. The first-order valence-electron chi connectivity index (χ1n) is 14.0. The lowest BCUT2D eigenvalue weighted by Gasteiger charge is -2.29. The first-order valence-corrected chi connectivity index (χ1v) is 14.0. The number of aryl methyl sites for hydroxylation is 1. The second-order valence-electron chi connectivity index (χ2n) is 12.3. The van der Waals surface area contributed by atoms with Crippen molar-refractivity contribution in [1.29, 1.82) is 0 Å². The molecule has 4 rings (SSSR count). The number of quaternary nitrogens is 1. The van der Waals surface area contributed by atoms with Crippen molar-refractivity contribution in [2.75, 3.05) is 19.8 Å². The summed E-state index contributed by atoms with van der Waals surface area (Å²) in [5.74, 6) is 0.147. The fourth-order valence-corrected chi connectivity index (χ4v) is 5.42. The number of fused-ring (bicyclic) bond motifs is 3. The van der Waals surface area contributed by atoms with Crippen molar-refractivity contribution in [3.05, 3.63) is 47.9 Å². The van der Waals surface area contributed by atoms with E-state index in [-0.39, 0.29) is 37.0 Å². The minimum Gasteiger partial charge on any atom is -1.00 e. The number of nitrogens with one attached hydrogen (secondary N) is 2. The van der Waals surface area contributed by atoms with E-state index in [1.165, 1.54) is 0 Å². The highest BCUT2D eigenvalue weighted by Crippen LogP contribution is 2.33. The number of para-hydroxylation sites is 1. The number of rotatable bonds is 8. The van der Waals surface area contributed by atoms with Gasteiger partial charge in [0.2, 0.25) is 0 Å². The van der Waals surface area contributed by atoms with Crippen LogP contribution in [-0.4, -0.2) is 64.7 Å². The van der Waals surface area contributed by atoms with Crippen LogP contribution in [0.1, 0.15) is 70.4 Å². The van der Waals surface area contributed by atoms with Gasteiger partial charge in [-0.2, -0.15) is 0 Å². The van der Waals surface area contributed by atoms with E-state index in [4.69, 9.17) is 14.2 Å². The van der Waals surface area contributed by atoms with Gasteiger partial charge in [0.05, 0.1) is 18.7 Å². The molecule has 2 heterocycles. The number of hydrogen-bond acceptors (Lipinski definition) is 7. The Balaban J connectivity index is 0.00000462. The molecule has 10 nitrogen and oxygen atoms in total. The molecule has 0 saturated carbocycles. The van der Waals surface area contributed by atoms with Gasteiger partial charge in [-0.1, -0.05) is 18.2 Å². The fraction of sp³-hybridized carbons (Fsp3) is 0.567. The first kappa shape index (κ1) is 32.3. The van der Waals surface area contributed by atoms with Gasteiger partial charge in [-0.25, -0.2) is 9.59 Å². The van der Waals surface area contributed by atoms with Crippen LogP contribution >= 0.6 is 0 Å². The molecule has 0 spiro atoms. The third-order valence-corrected chi connectivity index (χ3v) is 7.66. The standard InChI is InChI=1S/C30H42N4O6.ClH/c1-20-33(18-21-12-13-24-25(26(21)35)22-10-8-9-11-23(22)32(24)7)16-17-34(20)19-38-28(37)40-30(5,6)14-15-31-27(36)39-29(2,3)4;/h8-11,16-17,20-21H,12-15,18-19H2,1-7H3,(H,31,36);1H.